The van der Waals surface area contributed by atoms with Crippen LogP contribution >= 0.6 is 11.3 Å². The molecule has 0 bridgehead atoms. The number of carboxylic acid groups (broad SMARTS) is 1. The summed E-state index contributed by atoms with van der Waals surface area (Å²) in [7, 11) is 0. The molecule has 28 heavy (non-hydrogen) atoms. The number of nitrogens with zero attached hydrogens (tertiary/aromatic N) is 1. The molecule has 6 nitrogen and oxygen atoms in total. The van der Waals surface area contributed by atoms with E-state index in [9.17, 15) is 14.7 Å². The van der Waals surface area contributed by atoms with Crippen molar-refractivity contribution in [2.24, 2.45) is 0 Å². The first-order valence-corrected chi connectivity index (χ1v) is 10.6. The van der Waals surface area contributed by atoms with Gasteiger partial charge in [0.2, 0.25) is 0 Å². The molecule has 1 aliphatic carbocycles. The van der Waals surface area contributed by atoms with E-state index in [0.717, 1.165) is 50.0 Å². The smallest absolute Gasteiger partial charge is 0.339 e. The number of aromatic carboxylic acids is 1. The Bertz CT molecular complexity index is 850. The SMILES string of the molecule is O=C(Nc1scc(C2CCCC2)c1C(=O)O)c1ccc(N2CCOCC2)cc1. The fourth-order valence-electron chi connectivity index (χ4n) is 4.04. The molecule has 4 rings (SSSR count). The van der Waals surface area contributed by atoms with Gasteiger partial charge >= 0.3 is 5.97 Å². The van der Waals surface area contributed by atoms with Crippen LogP contribution in [0.4, 0.5) is 10.7 Å². The molecule has 7 heteroatoms. The fourth-order valence-corrected chi connectivity index (χ4v) is 5.07. The lowest BCUT2D eigenvalue weighted by Gasteiger charge is -2.28. The third-order valence-electron chi connectivity index (χ3n) is 5.56. The molecule has 1 saturated carbocycles. The second kappa shape index (κ2) is 8.32. The average molecular weight is 401 g/mol. The van der Waals surface area contributed by atoms with Crippen LogP contribution < -0.4 is 10.2 Å². The van der Waals surface area contributed by atoms with Crippen molar-refractivity contribution in [2.75, 3.05) is 36.5 Å². The summed E-state index contributed by atoms with van der Waals surface area (Å²) in [6.45, 7) is 3.10. The average Bonchev–Trinajstić information content (AvgIpc) is 3.38. The molecule has 1 amide bonds. The molecule has 1 aromatic carbocycles. The maximum absolute atomic E-state index is 12.7. The van der Waals surface area contributed by atoms with Gasteiger partial charge in [-0.1, -0.05) is 12.8 Å². The van der Waals surface area contributed by atoms with Crippen LogP contribution in [0.25, 0.3) is 0 Å². The molecule has 2 aliphatic rings. The number of carboxylic acids is 1. The molecule has 0 radical (unpaired) electrons. The van der Waals surface area contributed by atoms with E-state index in [0.29, 0.717) is 29.7 Å². The highest BCUT2D eigenvalue weighted by atomic mass is 32.1. The van der Waals surface area contributed by atoms with Crippen molar-refractivity contribution in [2.45, 2.75) is 31.6 Å². The second-order valence-electron chi connectivity index (χ2n) is 7.28. The van der Waals surface area contributed by atoms with Crippen LogP contribution in [-0.4, -0.2) is 43.3 Å². The van der Waals surface area contributed by atoms with Gasteiger partial charge in [0.05, 0.1) is 18.8 Å². The zero-order valence-electron chi connectivity index (χ0n) is 15.6. The predicted molar refractivity (Wildman–Crippen MR) is 110 cm³/mol. The number of ether oxygens (including phenoxy) is 1. The standard InChI is InChI=1S/C21H24N2O4S/c24-19(15-5-7-16(8-6-15)23-9-11-27-12-10-23)22-20-18(21(25)26)17(13-28-20)14-3-1-2-4-14/h5-8,13-14H,1-4,9-12H2,(H,22,24)(H,25,26). The van der Waals surface area contributed by atoms with E-state index in [1.807, 2.05) is 17.5 Å². The van der Waals surface area contributed by atoms with Crippen molar-refractivity contribution in [3.63, 3.8) is 0 Å². The van der Waals surface area contributed by atoms with Crippen LogP contribution in [0.15, 0.2) is 29.6 Å². The van der Waals surface area contributed by atoms with E-state index in [1.54, 1.807) is 12.1 Å². The highest BCUT2D eigenvalue weighted by molar-refractivity contribution is 7.15. The first kappa shape index (κ1) is 19.0. The van der Waals surface area contributed by atoms with Gasteiger partial charge in [0.1, 0.15) is 5.00 Å². The van der Waals surface area contributed by atoms with Crippen LogP contribution in [0.2, 0.25) is 0 Å². The number of thiophene rings is 1. The Morgan fingerprint density at radius 3 is 2.43 bits per heavy atom. The van der Waals surface area contributed by atoms with Crippen LogP contribution in [0.1, 0.15) is 57.9 Å². The van der Waals surface area contributed by atoms with E-state index < -0.39 is 5.97 Å². The summed E-state index contributed by atoms with van der Waals surface area (Å²) >= 11 is 1.31. The number of morpholine rings is 1. The normalized spacial score (nSPS) is 17.6. The number of benzene rings is 1. The number of rotatable bonds is 5. The summed E-state index contributed by atoms with van der Waals surface area (Å²) in [5.74, 6) is -0.960. The van der Waals surface area contributed by atoms with Gasteiger partial charge in [-0.05, 0) is 54.0 Å². The van der Waals surface area contributed by atoms with Crippen molar-refractivity contribution >= 4 is 33.9 Å². The molecule has 0 atom stereocenters. The highest BCUT2D eigenvalue weighted by Gasteiger charge is 2.27. The van der Waals surface area contributed by atoms with Gasteiger partial charge < -0.3 is 20.1 Å². The molecule has 1 aromatic heterocycles. The van der Waals surface area contributed by atoms with Crippen LogP contribution in [0.3, 0.4) is 0 Å². The summed E-state index contributed by atoms with van der Waals surface area (Å²) < 4.78 is 5.37. The summed E-state index contributed by atoms with van der Waals surface area (Å²) in [4.78, 5) is 26.7. The zero-order chi connectivity index (χ0) is 19.5. The molecule has 0 spiro atoms. The van der Waals surface area contributed by atoms with Crippen LogP contribution in [0.5, 0.6) is 0 Å². The Morgan fingerprint density at radius 2 is 1.79 bits per heavy atom. The molecule has 0 unspecified atom stereocenters. The monoisotopic (exact) mass is 400 g/mol. The molecule has 2 N–H and O–H groups in total. The van der Waals surface area contributed by atoms with Gasteiger partial charge in [-0.25, -0.2) is 4.79 Å². The maximum Gasteiger partial charge on any atom is 0.339 e. The number of amides is 1. The lowest BCUT2D eigenvalue weighted by molar-refractivity contribution is 0.0697. The van der Waals surface area contributed by atoms with E-state index in [1.165, 1.54) is 11.3 Å². The summed E-state index contributed by atoms with van der Waals surface area (Å²) in [6.07, 6.45) is 4.31. The molecule has 1 saturated heterocycles. The third kappa shape index (κ3) is 3.91. The van der Waals surface area contributed by atoms with Gasteiger partial charge in [-0.3, -0.25) is 4.79 Å². The fraction of sp³-hybridized carbons (Fsp3) is 0.429. The quantitative estimate of drug-likeness (QED) is 0.787. The van der Waals surface area contributed by atoms with Crippen LogP contribution in [0, 0.1) is 0 Å². The number of carbonyl (C=O) groups is 2. The molecular weight excluding hydrogens is 376 g/mol. The molecule has 2 fully saturated rings. The Morgan fingerprint density at radius 1 is 1.11 bits per heavy atom. The summed E-state index contributed by atoms with van der Waals surface area (Å²) in [5, 5.41) is 14.8. The number of hydrogen-bond donors (Lipinski definition) is 2. The lowest BCUT2D eigenvalue weighted by Crippen LogP contribution is -2.36. The Labute approximate surface area is 168 Å². The summed E-state index contributed by atoms with van der Waals surface area (Å²) in [6, 6.07) is 7.42. The Hall–Kier alpha value is -2.38. The molecule has 148 valence electrons. The maximum atomic E-state index is 12.7. The number of carbonyl (C=O) groups excluding carboxylic acids is 1. The van der Waals surface area contributed by atoms with Crippen molar-refractivity contribution in [1.29, 1.82) is 0 Å². The topological polar surface area (TPSA) is 78.9 Å². The van der Waals surface area contributed by atoms with Crippen LogP contribution in [-0.2, 0) is 4.74 Å². The lowest BCUT2D eigenvalue weighted by atomic mass is 9.96. The van der Waals surface area contributed by atoms with Crippen molar-refractivity contribution in [3.05, 3.63) is 46.3 Å². The Balaban J connectivity index is 1.49. The minimum absolute atomic E-state index is 0.259. The largest absolute Gasteiger partial charge is 0.478 e. The number of nitrogens with one attached hydrogen (secondary N) is 1. The van der Waals surface area contributed by atoms with Gasteiger partial charge in [0.25, 0.3) is 5.91 Å². The molecule has 1 aliphatic heterocycles. The van der Waals surface area contributed by atoms with E-state index in [4.69, 9.17) is 4.74 Å². The van der Waals surface area contributed by atoms with E-state index >= 15 is 0 Å². The van der Waals surface area contributed by atoms with Gasteiger partial charge in [-0.2, -0.15) is 0 Å². The molecule has 2 heterocycles. The minimum Gasteiger partial charge on any atom is -0.478 e. The minimum atomic E-state index is -0.971. The van der Waals surface area contributed by atoms with E-state index in [-0.39, 0.29) is 11.5 Å². The van der Waals surface area contributed by atoms with Crippen molar-refractivity contribution in [1.82, 2.24) is 0 Å². The first-order chi connectivity index (χ1) is 13.6. The van der Waals surface area contributed by atoms with Crippen molar-refractivity contribution < 1.29 is 19.4 Å². The second-order valence-corrected chi connectivity index (χ2v) is 8.16. The molecular formula is C21H24N2O4S. The van der Waals surface area contributed by atoms with Gasteiger partial charge in [0, 0.05) is 24.3 Å². The third-order valence-corrected chi connectivity index (χ3v) is 6.47. The van der Waals surface area contributed by atoms with Crippen molar-refractivity contribution in [3.8, 4) is 0 Å². The predicted octanol–water partition coefficient (Wildman–Crippen LogP) is 4.19. The van der Waals surface area contributed by atoms with Gasteiger partial charge in [-0.15, -0.1) is 11.3 Å². The highest BCUT2D eigenvalue weighted by Crippen LogP contribution is 2.41. The zero-order valence-corrected chi connectivity index (χ0v) is 16.5. The van der Waals surface area contributed by atoms with E-state index in [2.05, 4.69) is 10.2 Å². The first-order valence-electron chi connectivity index (χ1n) is 9.72. The molecule has 2 aromatic rings. The number of anilines is 2. The summed E-state index contributed by atoms with van der Waals surface area (Å²) in [5.41, 5.74) is 2.71. The number of hydrogen-bond acceptors (Lipinski definition) is 5. The Kier molecular flexibility index (Phi) is 5.64. The van der Waals surface area contributed by atoms with Gasteiger partial charge in [0.15, 0.2) is 0 Å².